The van der Waals surface area contributed by atoms with Crippen molar-refractivity contribution in [2.75, 3.05) is 24.3 Å². The Bertz CT molecular complexity index is 828. The lowest BCUT2D eigenvalue weighted by molar-refractivity contribution is -0.116. The second kappa shape index (κ2) is 7.90. The molecule has 0 spiro atoms. The number of nitrogens with zero attached hydrogens (tertiary/aromatic N) is 3. The molecular weight excluding hydrogens is 332 g/mol. The van der Waals surface area contributed by atoms with Crippen LogP contribution in [0, 0.1) is 0 Å². The fraction of sp³-hybridized carbons (Fsp3) is 0.211. The van der Waals surface area contributed by atoms with Gasteiger partial charge in [0, 0.05) is 61.6 Å². The van der Waals surface area contributed by atoms with Crippen molar-refractivity contribution in [3.05, 3.63) is 59.2 Å². The van der Waals surface area contributed by atoms with Gasteiger partial charge in [0.25, 0.3) is 0 Å². The molecule has 0 saturated carbocycles. The third-order valence-corrected chi connectivity index (χ3v) is 4.65. The number of hydrogen-bond acceptors (Lipinski definition) is 5. The average Bonchev–Trinajstić information content (AvgIpc) is 3.10. The first-order valence-electron chi connectivity index (χ1n) is 8.04. The van der Waals surface area contributed by atoms with E-state index in [1.54, 1.807) is 23.7 Å². The highest BCUT2D eigenvalue weighted by Crippen LogP contribution is 2.22. The highest BCUT2D eigenvalue weighted by molar-refractivity contribution is 7.09. The van der Waals surface area contributed by atoms with E-state index in [9.17, 15) is 4.79 Å². The van der Waals surface area contributed by atoms with Gasteiger partial charge in [-0.05, 0) is 36.4 Å². The zero-order valence-corrected chi connectivity index (χ0v) is 15.1. The molecule has 128 valence electrons. The number of rotatable bonds is 6. The number of carbonyl (C=O) groups excluding carboxylic acids is 1. The second-order valence-corrected chi connectivity index (χ2v) is 6.80. The van der Waals surface area contributed by atoms with Crippen LogP contribution in [0.1, 0.15) is 11.4 Å². The summed E-state index contributed by atoms with van der Waals surface area (Å²) in [6.45, 7) is 0. The Hall–Kier alpha value is -2.73. The largest absolute Gasteiger partial charge is 0.378 e. The van der Waals surface area contributed by atoms with Gasteiger partial charge in [0.05, 0.1) is 10.7 Å². The summed E-state index contributed by atoms with van der Waals surface area (Å²) in [5, 5.41) is 5.89. The molecule has 0 fully saturated rings. The first-order valence-corrected chi connectivity index (χ1v) is 8.92. The number of amides is 1. The smallest absolute Gasteiger partial charge is 0.224 e. The molecule has 0 aliphatic rings. The van der Waals surface area contributed by atoms with Crippen LogP contribution in [-0.4, -0.2) is 30.0 Å². The molecule has 0 aliphatic carbocycles. The summed E-state index contributed by atoms with van der Waals surface area (Å²) < 4.78 is 0. The summed E-state index contributed by atoms with van der Waals surface area (Å²) in [6.07, 6.45) is 4.58. The predicted octanol–water partition coefficient (Wildman–Crippen LogP) is 3.84. The van der Waals surface area contributed by atoms with E-state index in [0.29, 0.717) is 12.8 Å². The van der Waals surface area contributed by atoms with Gasteiger partial charge in [0.1, 0.15) is 0 Å². The quantitative estimate of drug-likeness (QED) is 0.732. The number of nitrogens with one attached hydrogen (secondary N) is 1. The Balaban J connectivity index is 1.53. The molecule has 2 heterocycles. The predicted molar refractivity (Wildman–Crippen MR) is 103 cm³/mol. The highest BCUT2D eigenvalue weighted by atomic mass is 32.1. The van der Waals surface area contributed by atoms with Crippen molar-refractivity contribution in [1.29, 1.82) is 0 Å². The SMILES string of the molecule is CN(C)c1ccc(NC(=O)CCc2nc(-c3cccnc3)cs2)cc1. The van der Waals surface area contributed by atoms with Crippen molar-refractivity contribution in [1.82, 2.24) is 9.97 Å². The van der Waals surface area contributed by atoms with Crippen molar-refractivity contribution < 1.29 is 4.79 Å². The molecule has 0 atom stereocenters. The van der Waals surface area contributed by atoms with Crippen LogP contribution in [0.15, 0.2) is 54.2 Å². The molecule has 1 aromatic carbocycles. The Morgan fingerprint density at radius 2 is 2.00 bits per heavy atom. The van der Waals surface area contributed by atoms with Gasteiger partial charge in [-0.3, -0.25) is 9.78 Å². The van der Waals surface area contributed by atoms with Crippen molar-refractivity contribution >= 4 is 28.6 Å². The van der Waals surface area contributed by atoms with Gasteiger partial charge in [-0.2, -0.15) is 0 Å². The molecule has 0 unspecified atom stereocenters. The molecule has 0 aliphatic heterocycles. The third-order valence-electron chi connectivity index (χ3n) is 3.74. The molecule has 6 heteroatoms. The zero-order chi connectivity index (χ0) is 17.6. The van der Waals surface area contributed by atoms with E-state index >= 15 is 0 Å². The Labute approximate surface area is 151 Å². The molecule has 2 aromatic heterocycles. The molecule has 0 radical (unpaired) electrons. The Morgan fingerprint density at radius 1 is 1.20 bits per heavy atom. The van der Waals surface area contributed by atoms with Crippen LogP contribution < -0.4 is 10.2 Å². The highest BCUT2D eigenvalue weighted by Gasteiger charge is 2.08. The van der Waals surface area contributed by atoms with Crippen LogP contribution in [-0.2, 0) is 11.2 Å². The fourth-order valence-electron chi connectivity index (χ4n) is 2.36. The van der Waals surface area contributed by atoms with Crippen LogP contribution in [0.3, 0.4) is 0 Å². The van der Waals surface area contributed by atoms with Gasteiger partial charge in [0.2, 0.25) is 5.91 Å². The van der Waals surface area contributed by atoms with Gasteiger partial charge in [-0.15, -0.1) is 11.3 Å². The minimum absolute atomic E-state index is 0.00395. The van der Waals surface area contributed by atoms with Crippen LogP contribution >= 0.6 is 11.3 Å². The molecular formula is C19H20N4OS. The lowest BCUT2D eigenvalue weighted by Gasteiger charge is -2.13. The summed E-state index contributed by atoms with van der Waals surface area (Å²) in [7, 11) is 3.97. The zero-order valence-electron chi connectivity index (χ0n) is 14.3. The van der Waals surface area contributed by atoms with E-state index in [1.807, 2.05) is 60.8 Å². The first-order chi connectivity index (χ1) is 12.1. The molecule has 0 bridgehead atoms. The Kier molecular flexibility index (Phi) is 5.40. The molecule has 0 saturated heterocycles. The topological polar surface area (TPSA) is 58.1 Å². The van der Waals surface area contributed by atoms with Gasteiger partial charge in [0.15, 0.2) is 0 Å². The standard InChI is InChI=1S/C19H20N4OS/c1-23(2)16-7-5-15(6-8-16)21-18(24)9-10-19-22-17(13-25-19)14-4-3-11-20-12-14/h3-8,11-13H,9-10H2,1-2H3,(H,21,24). The summed E-state index contributed by atoms with van der Waals surface area (Å²) >= 11 is 1.57. The van der Waals surface area contributed by atoms with Gasteiger partial charge >= 0.3 is 0 Å². The number of thiazole rings is 1. The van der Waals surface area contributed by atoms with E-state index in [4.69, 9.17) is 0 Å². The minimum atomic E-state index is -0.00395. The number of carbonyl (C=O) groups is 1. The average molecular weight is 352 g/mol. The maximum absolute atomic E-state index is 12.1. The van der Waals surface area contributed by atoms with Crippen molar-refractivity contribution in [2.24, 2.45) is 0 Å². The van der Waals surface area contributed by atoms with Crippen molar-refractivity contribution in [3.63, 3.8) is 0 Å². The van der Waals surface area contributed by atoms with E-state index in [1.165, 1.54) is 0 Å². The van der Waals surface area contributed by atoms with Crippen LogP contribution in [0.25, 0.3) is 11.3 Å². The number of hydrogen-bond donors (Lipinski definition) is 1. The molecule has 3 aromatic rings. The van der Waals surface area contributed by atoms with Crippen LogP contribution in [0.2, 0.25) is 0 Å². The summed E-state index contributed by atoms with van der Waals surface area (Å²) in [5.41, 5.74) is 3.82. The number of aromatic nitrogens is 2. The number of pyridine rings is 1. The van der Waals surface area contributed by atoms with Gasteiger partial charge in [-0.1, -0.05) is 0 Å². The van der Waals surface area contributed by atoms with Gasteiger partial charge in [-0.25, -0.2) is 4.98 Å². The maximum atomic E-state index is 12.1. The number of anilines is 2. The second-order valence-electron chi connectivity index (χ2n) is 5.86. The number of aryl methyl sites for hydroxylation is 1. The third kappa shape index (κ3) is 4.64. The van der Waals surface area contributed by atoms with Crippen LogP contribution in [0.4, 0.5) is 11.4 Å². The van der Waals surface area contributed by atoms with Crippen LogP contribution in [0.5, 0.6) is 0 Å². The normalized spacial score (nSPS) is 10.5. The first kappa shape index (κ1) is 17.1. The molecule has 1 N–H and O–H groups in total. The number of benzene rings is 1. The summed E-state index contributed by atoms with van der Waals surface area (Å²) in [4.78, 5) is 22.8. The minimum Gasteiger partial charge on any atom is -0.378 e. The van der Waals surface area contributed by atoms with E-state index in [0.717, 1.165) is 27.6 Å². The van der Waals surface area contributed by atoms with E-state index < -0.39 is 0 Å². The summed E-state index contributed by atoms with van der Waals surface area (Å²) in [6, 6.07) is 11.7. The van der Waals surface area contributed by atoms with Gasteiger partial charge < -0.3 is 10.2 Å². The lowest BCUT2D eigenvalue weighted by Crippen LogP contribution is -2.13. The van der Waals surface area contributed by atoms with E-state index in [2.05, 4.69) is 15.3 Å². The fourth-order valence-corrected chi connectivity index (χ4v) is 3.17. The Morgan fingerprint density at radius 3 is 2.68 bits per heavy atom. The monoisotopic (exact) mass is 352 g/mol. The van der Waals surface area contributed by atoms with Crippen molar-refractivity contribution in [2.45, 2.75) is 12.8 Å². The maximum Gasteiger partial charge on any atom is 0.224 e. The lowest BCUT2D eigenvalue weighted by atomic mass is 10.2. The van der Waals surface area contributed by atoms with E-state index in [-0.39, 0.29) is 5.91 Å². The molecule has 3 rings (SSSR count). The summed E-state index contributed by atoms with van der Waals surface area (Å²) in [5.74, 6) is -0.00395. The van der Waals surface area contributed by atoms with Crippen molar-refractivity contribution in [3.8, 4) is 11.3 Å². The molecule has 5 nitrogen and oxygen atoms in total. The molecule has 25 heavy (non-hydrogen) atoms. The molecule has 1 amide bonds.